The molecule has 7 heteroatoms. The number of aryl methyl sites for hydroxylation is 1. The largest absolute Gasteiger partial charge is 0.355 e. The van der Waals surface area contributed by atoms with Gasteiger partial charge in [0.2, 0.25) is 11.8 Å². The standard InChI is InChI=1S/C19H32N4O2S/c1-19(2,3)12-15(24)21-18-22-16-13(8-6-9-14(16)26-18)17(25)20-10-7-11-23(4)5/h13H,6-12H2,1-5H3,(H,20,25)(H,21,22,24). The Kier molecular flexibility index (Phi) is 7.17. The molecule has 1 aromatic rings. The number of hydrogen-bond acceptors (Lipinski definition) is 5. The number of amides is 2. The van der Waals surface area contributed by atoms with Gasteiger partial charge in [-0.05, 0) is 51.7 Å². The second-order valence-corrected chi connectivity index (χ2v) is 9.59. The van der Waals surface area contributed by atoms with Crippen LogP contribution in [0.4, 0.5) is 5.13 Å². The number of anilines is 1. The Hall–Kier alpha value is -1.47. The maximum absolute atomic E-state index is 12.6. The fraction of sp³-hybridized carbons (Fsp3) is 0.737. The van der Waals surface area contributed by atoms with E-state index in [9.17, 15) is 9.59 Å². The van der Waals surface area contributed by atoms with Crippen molar-refractivity contribution < 1.29 is 9.59 Å². The average molecular weight is 381 g/mol. The fourth-order valence-corrected chi connectivity index (χ4v) is 4.18. The number of hydrogen-bond donors (Lipinski definition) is 2. The summed E-state index contributed by atoms with van der Waals surface area (Å²) < 4.78 is 0. The third-order valence-electron chi connectivity index (χ3n) is 4.29. The van der Waals surface area contributed by atoms with E-state index in [1.165, 1.54) is 11.3 Å². The first-order valence-electron chi connectivity index (χ1n) is 9.37. The van der Waals surface area contributed by atoms with Gasteiger partial charge in [-0.1, -0.05) is 20.8 Å². The van der Waals surface area contributed by atoms with Gasteiger partial charge in [0.15, 0.2) is 5.13 Å². The summed E-state index contributed by atoms with van der Waals surface area (Å²) in [6, 6.07) is 0. The number of fused-ring (bicyclic) bond motifs is 1. The van der Waals surface area contributed by atoms with Crippen molar-refractivity contribution >= 4 is 28.3 Å². The molecule has 1 aromatic heterocycles. The van der Waals surface area contributed by atoms with Gasteiger partial charge >= 0.3 is 0 Å². The highest BCUT2D eigenvalue weighted by Gasteiger charge is 2.30. The highest BCUT2D eigenvalue weighted by Crippen LogP contribution is 2.37. The second-order valence-electron chi connectivity index (χ2n) is 8.51. The predicted octanol–water partition coefficient (Wildman–Crippen LogP) is 3.01. The smallest absolute Gasteiger partial charge is 0.229 e. The number of carbonyl (C=O) groups is 2. The maximum atomic E-state index is 12.6. The Bertz CT molecular complexity index is 634. The molecule has 146 valence electrons. The Morgan fingerprint density at radius 3 is 2.69 bits per heavy atom. The van der Waals surface area contributed by atoms with Crippen LogP contribution >= 0.6 is 11.3 Å². The van der Waals surface area contributed by atoms with E-state index in [0.29, 0.717) is 18.1 Å². The SMILES string of the molecule is CN(C)CCCNC(=O)C1CCCc2sc(NC(=O)CC(C)(C)C)nc21. The number of carbonyl (C=O) groups excluding carboxylic acids is 2. The van der Waals surface area contributed by atoms with Crippen LogP contribution in [0, 0.1) is 5.41 Å². The van der Waals surface area contributed by atoms with Gasteiger partial charge in [-0.2, -0.15) is 0 Å². The first-order chi connectivity index (χ1) is 12.2. The lowest BCUT2D eigenvalue weighted by Gasteiger charge is -2.20. The molecule has 1 unspecified atom stereocenters. The highest BCUT2D eigenvalue weighted by molar-refractivity contribution is 7.15. The molecule has 0 saturated carbocycles. The average Bonchev–Trinajstić information content (AvgIpc) is 2.91. The van der Waals surface area contributed by atoms with E-state index in [-0.39, 0.29) is 23.1 Å². The molecule has 1 aliphatic carbocycles. The van der Waals surface area contributed by atoms with Crippen molar-refractivity contribution in [3.05, 3.63) is 10.6 Å². The van der Waals surface area contributed by atoms with Crippen LogP contribution in [-0.4, -0.2) is 48.9 Å². The monoisotopic (exact) mass is 380 g/mol. The minimum atomic E-state index is -0.192. The van der Waals surface area contributed by atoms with E-state index in [2.05, 4.69) is 20.5 Å². The molecule has 26 heavy (non-hydrogen) atoms. The van der Waals surface area contributed by atoms with E-state index in [0.717, 1.165) is 42.8 Å². The molecule has 2 rings (SSSR count). The zero-order valence-electron chi connectivity index (χ0n) is 16.6. The summed E-state index contributed by atoms with van der Waals surface area (Å²) in [5.74, 6) is -0.154. The molecular formula is C19H32N4O2S. The molecule has 2 amide bonds. The molecule has 6 nitrogen and oxygen atoms in total. The van der Waals surface area contributed by atoms with Gasteiger partial charge in [0.05, 0.1) is 11.6 Å². The van der Waals surface area contributed by atoms with Crippen LogP contribution in [0.2, 0.25) is 0 Å². The van der Waals surface area contributed by atoms with Gasteiger partial charge < -0.3 is 15.5 Å². The van der Waals surface area contributed by atoms with Gasteiger partial charge in [-0.15, -0.1) is 11.3 Å². The van der Waals surface area contributed by atoms with Crippen LogP contribution in [0.3, 0.4) is 0 Å². The molecule has 0 aliphatic heterocycles. The van der Waals surface area contributed by atoms with Crippen LogP contribution in [0.5, 0.6) is 0 Å². The number of aromatic nitrogens is 1. The van der Waals surface area contributed by atoms with Gasteiger partial charge in [0.1, 0.15) is 0 Å². The summed E-state index contributed by atoms with van der Waals surface area (Å²) in [6.07, 6.45) is 4.13. The van der Waals surface area contributed by atoms with Crippen LogP contribution in [0.25, 0.3) is 0 Å². The summed E-state index contributed by atoms with van der Waals surface area (Å²) in [4.78, 5) is 32.6. The van der Waals surface area contributed by atoms with Crippen LogP contribution in [-0.2, 0) is 16.0 Å². The zero-order valence-corrected chi connectivity index (χ0v) is 17.5. The quantitative estimate of drug-likeness (QED) is 0.713. The molecule has 1 atom stereocenters. The molecule has 0 radical (unpaired) electrons. The van der Waals surface area contributed by atoms with Gasteiger partial charge in [-0.25, -0.2) is 4.98 Å². The summed E-state index contributed by atoms with van der Waals surface area (Å²) in [5, 5.41) is 6.57. The molecule has 1 aliphatic rings. The number of nitrogens with one attached hydrogen (secondary N) is 2. The Labute approximate surface area is 160 Å². The molecule has 2 N–H and O–H groups in total. The van der Waals surface area contributed by atoms with E-state index >= 15 is 0 Å². The highest BCUT2D eigenvalue weighted by atomic mass is 32.1. The zero-order chi connectivity index (χ0) is 19.3. The van der Waals surface area contributed by atoms with Crippen molar-refractivity contribution in [3.8, 4) is 0 Å². The lowest BCUT2D eigenvalue weighted by molar-refractivity contribution is -0.123. The summed E-state index contributed by atoms with van der Waals surface area (Å²) >= 11 is 1.51. The number of nitrogens with zero attached hydrogens (tertiary/aromatic N) is 2. The van der Waals surface area contributed by atoms with Crippen molar-refractivity contribution in [2.24, 2.45) is 5.41 Å². The molecular weight excluding hydrogens is 348 g/mol. The van der Waals surface area contributed by atoms with Gasteiger partial charge in [0, 0.05) is 17.8 Å². The first kappa shape index (κ1) is 20.8. The van der Waals surface area contributed by atoms with E-state index in [1.807, 2.05) is 34.9 Å². The predicted molar refractivity (Wildman–Crippen MR) is 107 cm³/mol. The van der Waals surface area contributed by atoms with Crippen molar-refractivity contribution in [1.82, 2.24) is 15.2 Å². The van der Waals surface area contributed by atoms with Crippen molar-refractivity contribution in [3.63, 3.8) is 0 Å². The third kappa shape index (κ3) is 6.36. The Morgan fingerprint density at radius 2 is 2.04 bits per heavy atom. The molecule has 0 bridgehead atoms. The van der Waals surface area contributed by atoms with E-state index < -0.39 is 0 Å². The number of rotatable bonds is 7. The first-order valence-corrected chi connectivity index (χ1v) is 10.2. The van der Waals surface area contributed by atoms with Crippen molar-refractivity contribution in [2.75, 3.05) is 32.5 Å². The minimum absolute atomic E-state index is 0.0201. The lowest BCUT2D eigenvalue weighted by Crippen LogP contribution is -2.33. The Morgan fingerprint density at radius 1 is 1.31 bits per heavy atom. The van der Waals surface area contributed by atoms with Gasteiger partial charge in [-0.3, -0.25) is 9.59 Å². The van der Waals surface area contributed by atoms with Crippen molar-refractivity contribution in [1.29, 1.82) is 0 Å². The summed E-state index contributed by atoms with van der Waals surface area (Å²) in [6.45, 7) is 7.75. The van der Waals surface area contributed by atoms with E-state index in [1.54, 1.807) is 0 Å². The third-order valence-corrected chi connectivity index (χ3v) is 5.34. The van der Waals surface area contributed by atoms with Crippen LogP contribution < -0.4 is 10.6 Å². The van der Waals surface area contributed by atoms with E-state index in [4.69, 9.17) is 0 Å². The second kappa shape index (κ2) is 8.95. The molecule has 0 saturated heterocycles. The topological polar surface area (TPSA) is 74.3 Å². The Balaban J connectivity index is 1.97. The normalized spacial score (nSPS) is 17.1. The summed E-state index contributed by atoms with van der Waals surface area (Å²) in [7, 11) is 4.06. The van der Waals surface area contributed by atoms with Crippen molar-refractivity contribution in [2.45, 2.75) is 58.8 Å². The fourth-order valence-electron chi connectivity index (χ4n) is 3.10. The van der Waals surface area contributed by atoms with Crippen LogP contribution in [0.1, 0.15) is 62.9 Å². The molecule has 0 aromatic carbocycles. The maximum Gasteiger partial charge on any atom is 0.229 e. The lowest BCUT2D eigenvalue weighted by atomic mass is 9.90. The molecule has 0 spiro atoms. The molecule has 1 heterocycles. The summed E-state index contributed by atoms with van der Waals surface area (Å²) in [5.41, 5.74) is 0.799. The van der Waals surface area contributed by atoms with Crippen LogP contribution in [0.15, 0.2) is 0 Å². The molecule has 0 fully saturated rings. The number of thiazole rings is 1. The van der Waals surface area contributed by atoms with Gasteiger partial charge in [0.25, 0.3) is 0 Å². The minimum Gasteiger partial charge on any atom is -0.355 e.